The van der Waals surface area contributed by atoms with Gasteiger partial charge in [0.2, 0.25) is 5.76 Å². The smallest absolute Gasteiger partial charge is 0.371 e. The second-order valence-corrected chi connectivity index (χ2v) is 4.83. The molecule has 1 aromatic heterocycles. The second-order valence-electron chi connectivity index (χ2n) is 4.43. The summed E-state index contributed by atoms with van der Waals surface area (Å²) < 4.78 is 5.10. The molecule has 106 valence electrons. The summed E-state index contributed by atoms with van der Waals surface area (Å²) in [5, 5.41) is 9.08. The summed E-state index contributed by atoms with van der Waals surface area (Å²) in [7, 11) is 0. The van der Waals surface area contributed by atoms with Gasteiger partial charge in [-0.1, -0.05) is 17.7 Å². The highest BCUT2D eigenvalue weighted by atomic mass is 35.5. The van der Waals surface area contributed by atoms with E-state index in [1.54, 1.807) is 12.1 Å². The van der Waals surface area contributed by atoms with Crippen LogP contribution in [0.4, 0.5) is 5.69 Å². The van der Waals surface area contributed by atoms with Gasteiger partial charge in [-0.15, -0.1) is 0 Å². The molecule has 2 heterocycles. The van der Waals surface area contributed by atoms with Gasteiger partial charge in [-0.3, -0.25) is 14.5 Å². The Morgan fingerprint density at radius 2 is 2.00 bits per heavy atom. The summed E-state index contributed by atoms with van der Waals surface area (Å²) in [4.78, 5) is 35.9. The summed E-state index contributed by atoms with van der Waals surface area (Å²) in [5.41, 5.74) is 0.556. The number of fused-ring (bicyclic) bond motifs is 1. The van der Waals surface area contributed by atoms with E-state index in [2.05, 4.69) is 0 Å². The van der Waals surface area contributed by atoms with Crippen molar-refractivity contribution in [2.45, 2.75) is 6.54 Å². The number of anilines is 1. The van der Waals surface area contributed by atoms with Gasteiger partial charge in [0.15, 0.2) is 0 Å². The van der Waals surface area contributed by atoms with Crippen LogP contribution < -0.4 is 4.90 Å². The Morgan fingerprint density at radius 1 is 1.24 bits per heavy atom. The maximum atomic E-state index is 12.0. The first kappa shape index (κ1) is 13.4. The molecule has 0 saturated heterocycles. The van der Waals surface area contributed by atoms with Crippen molar-refractivity contribution in [3.8, 4) is 0 Å². The van der Waals surface area contributed by atoms with Gasteiger partial charge in [0.05, 0.1) is 22.8 Å². The molecule has 3 rings (SSSR count). The molecule has 0 atom stereocenters. The third kappa shape index (κ3) is 2.09. The topological polar surface area (TPSA) is 87.8 Å². The Bertz CT molecular complexity index is 779. The largest absolute Gasteiger partial charge is 0.475 e. The molecule has 6 nitrogen and oxygen atoms in total. The molecule has 0 radical (unpaired) electrons. The van der Waals surface area contributed by atoms with Gasteiger partial charge >= 0.3 is 5.97 Å². The van der Waals surface area contributed by atoms with E-state index in [4.69, 9.17) is 21.1 Å². The molecule has 21 heavy (non-hydrogen) atoms. The number of carboxylic acids is 1. The Kier molecular flexibility index (Phi) is 3.03. The van der Waals surface area contributed by atoms with Crippen molar-refractivity contribution in [1.29, 1.82) is 0 Å². The van der Waals surface area contributed by atoms with E-state index in [1.807, 2.05) is 0 Å². The van der Waals surface area contributed by atoms with Crippen LogP contribution in [0.25, 0.3) is 0 Å². The van der Waals surface area contributed by atoms with Crippen molar-refractivity contribution < 1.29 is 23.9 Å². The Morgan fingerprint density at radius 3 is 2.67 bits per heavy atom. The minimum Gasteiger partial charge on any atom is -0.475 e. The SMILES string of the molecule is O=C(O)c1ccc(CN2C(=O)C(=O)c3cccc(Cl)c32)o1. The van der Waals surface area contributed by atoms with Crippen LogP contribution in [0.15, 0.2) is 34.7 Å². The lowest BCUT2D eigenvalue weighted by Gasteiger charge is -2.15. The lowest BCUT2D eigenvalue weighted by Crippen LogP contribution is -2.29. The first-order valence-electron chi connectivity index (χ1n) is 5.95. The van der Waals surface area contributed by atoms with Crippen LogP contribution in [-0.2, 0) is 11.3 Å². The highest BCUT2D eigenvalue weighted by Crippen LogP contribution is 2.36. The highest BCUT2D eigenvalue weighted by molar-refractivity contribution is 6.54. The monoisotopic (exact) mass is 305 g/mol. The maximum absolute atomic E-state index is 12.0. The molecule has 1 aliphatic heterocycles. The van der Waals surface area contributed by atoms with E-state index in [9.17, 15) is 14.4 Å². The van der Waals surface area contributed by atoms with E-state index >= 15 is 0 Å². The molecular weight excluding hydrogens is 298 g/mol. The van der Waals surface area contributed by atoms with Gasteiger partial charge in [-0.2, -0.15) is 0 Å². The molecule has 0 aliphatic carbocycles. The first-order chi connectivity index (χ1) is 9.99. The Balaban J connectivity index is 1.98. The van der Waals surface area contributed by atoms with Crippen molar-refractivity contribution in [1.82, 2.24) is 0 Å². The van der Waals surface area contributed by atoms with Crippen LogP contribution in [0.2, 0.25) is 5.02 Å². The number of hydrogen-bond acceptors (Lipinski definition) is 4. The molecule has 1 aromatic carbocycles. The number of benzene rings is 1. The summed E-state index contributed by atoms with van der Waals surface area (Å²) in [6.45, 7) is -0.0609. The molecule has 2 aromatic rings. The van der Waals surface area contributed by atoms with Crippen molar-refractivity contribution >= 4 is 34.9 Å². The molecule has 1 N–H and O–H groups in total. The van der Waals surface area contributed by atoms with E-state index in [0.717, 1.165) is 0 Å². The zero-order chi connectivity index (χ0) is 15.1. The third-order valence-corrected chi connectivity index (χ3v) is 3.43. The van der Waals surface area contributed by atoms with Crippen LogP contribution in [-0.4, -0.2) is 22.8 Å². The fourth-order valence-electron chi connectivity index (χ4n) is 2.20. The van der Waals surface area contributed by atoms with Crippen LogP contribution in [0.3, 0.4) is 0 Å². The van der Waals surface area contributed by atoms with E-state index in [1.165, 1.54) is 23.1 Å². The normalized spacial score (nSPS) is 13.7. The van der Waals surface area contributed by atoms with Crippen LogP contribution in [0.1, 0.15) is 26.7 Å². The predicted molar refractivity (Wildman–Crippen MR) is 72.6 cm³/mol. The van der Waals surface area contributed by atoms with Crippen LogP contribution >= 0.6 is 11.6 Å². The number of carbonyl (C=O) groups is 3. The molecule has 0 bridgehead atoms. The summed E-state index contributed by atoms with van der Waals surface area (Å²) in [6, 6.07) is 7.41. The lowest BCUT2D eigenvalue weighted by molar-refractivity contribution is -0.114. The van der Waals surface area contributed by atoms with Crippen molar-refractivity contribution in [2.24, 2.45) is 0 Å². The first-order valence-corrected chi connectivity index (χ1v) is 6.33. The number of hydrogen-bond donors (Lipinski definition) is 1. The molecule has 1 amide bonds. The second kappa shape index (κ2) is 4.75. The molecule has 0 unspecified atom stereocenters. The van der Waals surface area contributed by atoms with Crippen molar-refractivity contribution in [3.05, 3.63) is 52.4 Å². The van der Waals surface area contributed by atoms with Crippen molar-refractivity contribution in [3.63, 3.8) is 0 Å². The van der Waals surface area contributed by atoms with Gasteiger partial charge in [0.25, 0.3) is 11.7 Å². The number of carbonyl (C=O) groups excluding carboxylic acids is 2. The number of ketones is 1. The zero-order valence-electron chi connectivity index (χ0n) is 10.5. The lowest BCUT2D eigenvalue weighted by atomic mass is 10.1. The number of nitrogens with zero attached hydrogens (tertiary/aromatic N) is 1. The van der Waals surface area contributed by atoms with Gasteiger partial charge in [0.1, 0.15) is 5.76 Å². The van der Waals surface area contributed by atoms with E-state index in [-0.39, 0.29) is 28.7 Å². The van der Waals surface area contributed by atoms with E-state index < -0.39 is 17.7 Å². The number of carboxylic acid groups (broad SMARTS) is 1. The third-order valence-electron chi connectivity index (χ3n) is 3.13. The fourth-order valence-corrected chi connectivity index (χ4v) is 2.47. The number of furan rings is 1. The summed E-state index contributed by atoms with van der Waals surface area (Å²) >= 11 is 6.05. The Hall–Kier alpha value is -2.60. The molecule has 1 aliphatic rings. The molecule has 0 saturated carbocycles. The van der Waals surface area contributed by atoms with Crippen molar-refractivity contribution in [2.75, 3.05) is 4.90 Å². The minimum atomic E-state index is -1.21. The fraction of sp³-hybridized carbons (Fsp3) is 0.0714. The van der Waals surface area contributed by atoms with E-state index in [0.29, 0.717) is 5.69 Å². The van der Waals surface area contributed by atoms with Crippen LogP contribution in [0.5, 0.6) is 0 Å². The Labute approximate surface area is 123 Å². The molecule has 0 fully saturated rings. The minimum absolute atomic E-state index is 0.0609. The van der Waals surface area contributed by atoms with Gasteiger partial charge in [-0.25, -0.2) is 4.79 Å². The highest BCUT2D eigenvalue weighted by Gasteiger charge is 2.37. The molecule has 0 spiro atoms. The van der Waals surface area contributed by atoms with Crippen LogP contribution in [0, 0.1) is 0 Å². The number of aromatic carboxylic acids is 1. The standard InChI is InChI=1S/C14H8ClNO5/c15-9-3-1-2-8-11(9)16(13(18)12(8)17)6-7-4-5-10(21-7)14(19)20/h1-5H,6H2,(H,19,20). The van der Waals surface area contributed by atoms with Gasteiger partial charge in [-0.05, 0) is 24.3 Å². The maximum Gasteiger partial charge on any atom is 0.371 e. The van der Waals surface area contributed by atoms with Gasteiger partial charge < -0.3 is 9.52 Å². The average molecular weight is 306 g/mol. The molecular formula is C14H8ClNO5. The molecule has 7 heteroatoms. The number of para-hydroxylation sites is 1. The zero-order valence-corrected chi connectivity index (χ0v) is 11.3. The summed E-state index contributed by atoms with van der Waals surface area (Å²) in [6.07, 6.45) is 0. The van der Waals surface area contributed by atoms with Gasteiger partial charge in [0, 0.05) is 0 Å². The number of amides is 1. The predicted octanol–water partition coefficient (Wildman–Crippen LogP) is 2.36. The number of rotatable bonds is 3. The number of Topliss-reactive ketones (excluding diaryl/α,β-unsaturated/α-hetero) is 1. The summed E-state index contributed by atoms with van der Waals surface area (Å²) in [5.74, 6) is -2.55. The number of halogens is 1. The average Bonchev–Trinajstić information content (AvgIpc) is 3.00. The quantitative estimate of drug-likeness (QED) is 0.879.